The van der Waals surface area contributed by atoms with Crippen LogP contribution in [0, 0.1) is 6.92 Å². The lowest BCUT2D eigenvalue weighted by Gasteiger charge is -2.34. The molecule has 1 saturated heterocycles. The van der Waals surface area contributed by atoms with Crippen LogP contribution in [0.2, 0.25) is 0 Å². The van der Waals surface area contributed by atoms with Crippen molar-refractivity contribution < 1.29 is 9.53 Å². The van der Waals surface area contributed by atoms with Gasteiger partial charge in [-0.25, -0.2) is 4.98 Å². The molecular weight excluding hydrogens is 432 g/mol. The number of hydrogen-bond acceptors (Lipinski definition) is 6. The number of carbonyl (C=O) groups is 1. The molecule has 1 aromatic heterocycles. The van der Waals surface area contributed by atoms with Crippen molar-refractivity contribution in [2.45, 2.75) is 33.1 Å². The van der Waals surface area contributed by atoms with Crippen LogP contribution in [0.3, 0.4) is 0 Å². The minimum atomic E-state index is -0.0440. The van der Waals surface area contributed by atoms with E-state index in [0.717, 1.165) is 62.0 Å². The van der Waals surface area contributed by atoms with Gasteiger partial charge in [0.15, 0.2) is 5.13 Å². The number of rotatable bonds is 10. The van der Waals surface area contributed by atoms with Gasteiger partial charge in [-0.05, 0) is 43.2 Å². The van der Waals surface area contributed by atoms with Gasteiger partial charge >= 0.3 is 0 Å². The average molecular weight is 467 g/mol. The molecule has 0 radical (unpaired) electrons. The number of benzene rings is 2. The van der Waals surface area contributed by atoms with E-state index in [2.05, 4.69) is 47.2 Å². The molecular formula is C26H34N4O2S. The Labute approximate surface area is 200 Å². The number of thiazole rings is 1. The zero-order chi connectivity index (χ0) is 23.0. The van der Waals surface area contributed by atoms with Crippen LogP contribution in [-0.4, -0.2) is 61.7 Å². The number of fused-ring (bicyclic) bond motifs is 1. The van der Waals surface area contributed by atoms with Crippen LogP contribution in [0.15, 0.2) is 42.5 Å². The molecule has 1 aliphatic heterocycles. The van der Waals surface area contributed by atoms with Gasteiger partial charge in [-0.15, -0.1) is 0 Å². The standard InChI is InChI=1S/C26H34N4O2S/c1-3-4-5-18-32-22-10-7-9-21(19-22)25(31)27-12-13-29-14-16-30(17-15-29)26-28-24-20(2)8-6-11-23(24)33-26/h6-11,19H,3-5,12-18H2,1-2H3,(H,27,31). The van der Waals surface area contributed by atoms with Crippen molar-refractivity contribution >= 4 is 32.6 Å². The molecule has 2 aromatic carbocycles. The number of unbranched alkanes of at least 4 members (excludes halogenated alkanes) is 2. The maximum Gasteiger partial charge on any atom is 0.251 e. The van der Waals surface area contributed by atoms with Gasteiger partial charge in [-0.2, -0.15) is 0 Å². The molecule has 1 fully saturated rings. The van der Waals surface area contributed by atoms with Crippen LogP contribution in [0.5, 0.6) is 5.75 Å². The maximum atomic E-state index is 12.6. The number of nitrogens with zero attached hydrogens (tertiary/aromatic N) is 3. The Morgan fingerprint density at radius 3 is 2.73 bits per heavy atom. The van der Waals surface area contributed by atoms with Crippen molar-refractivity contribution in [3.05, 3.63) is 53.6 Å². The van der Waals surface area contributed by atoms with Crippen molar-refractivity contribution in [3.8, 4) is 5.75 Å². The first-order valence-electron chi connectivity index (χ1n) is 12.0. The fraction of sp³-hybridized carbons (Fsp3) is 0.462. The molecule has 0 atom stereocenters. The van der Waals surface area contributed by atoms with E-state index >= 15 is 0 Å². The molecule has 0 saturated carbocycles. The summed E-state index contributed by atoms with van der Waals surface area (Å²) in [6.45, 7) is 10.4. The summed E-state index contributed by atoms with van der Waals surface area (Å²) in [6.07, 6.45) is 3.37. The lowest BCUT2D eigenvalue weighted by Crippen LogP contribution is -2.48. The van der Waals surface area contributed by atoms with Crippen LogP contribution >= 0.6 is 11.3 Å². The topological polar surface area (TPSA) is 57.7 Å². The fourth-order valence-corrected chi connectivity index (χ4v) is 5.17. The van der Waals surface area contributed by atoms with E-state index in [1.807, 2.05) is 24.3 Å². The molecule has 0 aliphatic carbocycles. The Morgan fingerprint density at radius 2 is 1.94 bits per heavy atom. The van der Waals surface area contributed by atoms with E-state index in [4.69, 9.17) is 9.72 Å². The van der Waals surface area contributed by atoms with E-state index in [1.54, 1.807) is 11.3 Å². The van der Waals surface area contributed by atoms with Gasteiger partial charge in [-0.1, -0.05) is 49.3 Å². The van der Waals surface area contributed by atoms with Gasteiger partial charge in [-0.3, -0.25) is 9.69 Å². The number of aryl methyl sites for hydroxylation is 1. The number of aromatic nitrogens is 1. The molecule has 3 aromatic rings. The third-order valence-electron chi connectivity index (χ3n) is 6.08. The van der Waals surface area contributed by atoms with E-state index in [9.17, 15) is 4.79 Å². The number of carbonyl (C=O) groups excluding carboxylic acids is 1. The summed E-state index contributed by atoms with van der Waals surface area (Å²) in [5, 5.41) is 4.17. The predicted molar refractivity (Wildman–Crippen MR) is 137 cm³/mol. The minimum Gasteiger partial charge on any atom is -0.494 e. The smallest absolute Gasteiger partial charge is 0.251 e. The molecule has 1 N–H and O–H groups in total. The van der Waals surface area contributed by atoms with Gasteiger partial charge in [0.25, 0.3) is 5.91 Å². The first kappa shape index (κ1) is 23.5. The summed E-state index contributed by atoms with van der Waals surface area (Å²) in [5.41, 5.74) is 3.01. The molecule has 7 heteroatoms. The Kier molecular flexibility index (Phi) is 8.18. The third-order valence-corrected chi connectivity index (χ3v) is 7.16. The van der Waals surface area contributed by atoms with Crippen LogP contribution in [0.4, 0.5) is 5.13 Å². The zero-order valence-electron chi connectivity index (χ0n) is 19.7. The number of hydrogen-bond donors (Lipinski definition) is 1. The normalized spacial score (nSPS) is 14.5. The average Bonchev–Trinajstić information content (AvgIpc) is 3.28. The second-order valence-electron chi connectivity index (χ2n) is 8.59. The van der Waals surface area contributed by atoms with Gasteiger partial charge in [0.05, 0.1) is 16.8 Å². The first-order valence-corrected chi connectivity index (χ1v) is 12.8. The molecule has 0 unspecified atom stereocenters. The summed E-state index contributed by atoms with van der Waals surface area (Å²) < 4.78 is 7.03. The summed E-state index contributed by atoms with van der Waals surface area (Å²) in [7, 11) is 0. The highest BCUT2D eigenvalue weighted by atomic mass is 32.1. The van der Waals surface area contributed by atoms with Crippen molar-refractivity contribution in [1.82, 2.24) is 15.2 Å². The lowest BCUT2D eigenvalue weighted by atomic mass is 10.2. The maximum absolute atomic E-state index is 12.6. The molecule has 2 heterocycles. The second kappa shape index (κ2) is 11.5. The molecule has 33 heavy (non-hydrogen) atoms. The SMILES string of the molecule is CCCCCOc1cccc(C(=O)NCCN2CCN(c3nc4c(C)cccc4s3)CC2)c1. The van der Waals surface area contributed by atoms with Crippen LogP contribution in [0.25, 0.3) is 10.2 Å². The summed E-state index contributed by atoms with van der Waals surface area (Å²) in [6, 6.07) is 13.8. The number of para-hydroxylation sites is 1. The van der Waals surface area contributed by atoms with Crippen molar-refractivity contribution in [3.63, 3.8) is 0 Å². The van der Waals surface area contributed by atoms with Crippen LogP contribution in [-0.2, 0) is 0 Å². The predicted octanol–water partition coefficient (Wildman–Crippen LogP) is 4.73. The highest BCUT2D eigenvalue weighted by molar-refractivity contribution is 7.22. The Bertz CT molecular complexity index is 1060. The molecule has 176 valence electrons. The Morgan fingerprint density at radius 1 is 1.12 bits per heavy atom. The minimum absolute atomic E-state index is 0.0440. The Balaban J connectivity index is 1.20. The zero-order valence-corrected chi connectivity index (χ0v) is 20.5. The van der Waals surface area contributed by atoms with E-state index in [1.165, 1.54) is 16.7 Å². The second-order valence-corrected chi connectivity index (χ2v) is 9.60. The summed E-state index contributed by atoms with van der Waals surface area (Å²) in [5.74, 6) is 0.720. The van der Waals surface area contributed by atoms with E-state index in [-0.39, 0.29) is 5.91 Å². The van der Waals surface area contributed by atoms with Gasteiger partial charge < -0.3 is 15.0 Å². The van der Waals surface area contributed by atoms with Crippen LogP contribution < -0.4 is 15.0 Å². The number of anilines is 1. The molecule has 4 rings (SSSR count). The summed E-state index contributed by atoms with van der Waals surface area (Å²) in [4.78, 5) is 22.2. The number of ether oxygens (including phenoxy) is 1. The first-order chi connectivity index (χ1) is 16.1. The largest absolute Gasteiger partial charge is 0.494 e. The van der Waals surface area contributed by atoms with Crippen LogP contribution in [0.1, 0.15) is 42.1 Å². The third kappa shape index (κ3) is 6.24. The monoisotopic (exact) mass is 466 g/mol. The van der Waals surface area contributed by atoms with E-state index < -0.39 is 0 Å². The highest BCUT2D eigenvalue weighted by Crippen LogP contribution is 2.30. The lowest BCUT2D eigenvalue weighted by molar-refractivity contribution is 0.0947. The number of amides is 1. The molecule has 0 bridgehead atoms. The quantitative estimate of drug-likeness (QED) is 0.438. The van der Waals surface area contributed by atoms with E-state index in [0.29, 0.717) is 18.7 Å². The number of nitrogens with one attached hydrogen (secondary N) is 1. The fourth-order valence-electron chi connectivity index (χ4n) is 4.07. The highest BCUT2D eigenvalue weighted by Gasteiger charge is 2.20. The van der Waals surface area contributed by atoms with Crippen molar-refractivity contribution in [2.75, 3.05) is 50.8 Å². The van der Waals surface area contributed by atoms with Gasteiger partial charge in [0, 0.05) is 44.8 Å². The summed E-state index contributed by atoms with van der Waals surface area (Å²) >= 11 is 1.78. The molecule has 0 spiro atoms. The molecule has 1 amide bonds. The molecule has 6 nitrogen and oxygen atoms in total. The van der Waals surface area contributed by atoms with Crippen molar-refractivity contribution in [1.29, 1.82) is 0 Å². The molecule has 1 aliphatic rings. The number of piperazine rings is 1. The van der Waals surface area contributed by atoms with Crippen molar-refractivity contribution in [2.24, 2.45) is 0 Å². The van der Waals surface area contributed by atoms with Gasteiger partial charge in [0.2, 0.25) is 0 Å². The van der Waals surface area contributed by atoms with Gasteiger partial charge in [0.1, 0.15) is 5.75 Å². The Hall–Kier alpha value is -2.64.